The predicted molar refractivity (Wildman–Crippen MR) is 105 cm³/mol. The fraction of sp³-hybridized carbons (Fsp3) is 0.455. The lowest BCUT2D eigenvalue weighted by Gasteiger charge is -2.27. The van der Waals surface area contributed by atoms with Crippen LogP contribution in [-0.4, -0.2) is 29.2 Å². The summed E-state index contributed by atoms with van der Waals surface area (Å²) in [5.41, 5.74) is 3.56. The van der Waals surface area contributed by atoms with Gasteiger partial charge in [0, 0.05) is 18.7 Å². The number of fused-ring (bicyclic) bond motifs is 1. The van der Waals surface area contributed by atoms with Crippen LogP contribution in [0.4, 0.5) is 5.69 Å². The van der Waals surface area contributed by atoms with Crippen molar-refractivity contribution in [2.75, 3.05) is 18.5 Å². The molecule has 0 saturated heterocycles. The van der Waals surface area contributed by atoms with Gasteiger partial charge in [-0.25, -0.2) is 4.79 Å². The largest absolute Gasteiger partial charge is 0.494 e. The molecule has 142 valence electrons. The van der Waals surface area contributed by atoms with Crippen molar-refractivity contribution in [2.45, 2.75) is 44.4 Å². The maximum absolute atomic E-state index is 11.4. The van der Waals surface area contributed by atoms with Gasteiger partial charge in [-0.15, -0.1) is 0 Å². The molecule has 1 aromatic carbocycles. The smallest absolute Gasteiger partial charge is 0.337 e. The normalized spacial score (nSPS) is 18.6. The summed E-state index contributed by atoms with van der Waals surface area (Å²) < 4.78 is 5.94. The SMILES string of the molecule is O=C(O)c1ccncc1NCC1CCCc2cc(OCCC3CC3)ccc21. The number of hydrogen-bond donors (Lipinski definition) is 2. The Morgan fingerprint density at radius 1 is 1.26 bits per heavy atom. The maximum atomic E-state index is 11.4. The number of ether oxygens (including phenoxy) is 1. The van der Waals surface area contributed by atoms with Gasteiger partial charge in [-0.1, -0.05) is 18.9 Å². The molecule has 27 heavy (non-hydrogen) atoms. The Hall–Kier alpha value is -2.56. The molecular weight excluding hydrogens is 340 g/mol. The van der Waals surface area contributed by atoms with Crippen LogP contribution in [0.15, 0.2) is 36.7 Å². The number of carboxylic acids is 1. The molecule has 0 radical (unpaired) electrons. The zero-order chi connectivity index (χ0) is 18.6. The molecule has 0 amide bonds. The molecule has 0 bridgehead atoms. The molecular formula is C22H26N2O3. The van der Waals surface area contributed by atoms with E-state index in [1.54, 1.807) is 6.20 Å². The van der Waals surface area contributed by atoms with Crippen LogP contribution in [0.3, 0.4) is 0 Å². The molecule has 5 nitrogen and oxygen atoms in total. The number of nitrogens with zero attached hydrogens (tertiary/aromatic N) is 1. The third kappa shape index (κ3) is 4.41. The number of aryl methyl sites for hydroxylation is 1. The monoisotopic (exact) mass is 366 g/mol. The minimum Gasteiger partial charge on any atom is -0.494 e. The van der Waals surface area contributed by atoms with E-state index >= 15 is 0 Å². The van der Waals surface area contributed by atoms with Crippen LogP contribution in [0.1, 0.15) is 59.5 Å². The molecule has 5 heteroatoms. The molecule has 1 atom stereocenters. The van der Waals surface area contributed by atoms with Crippen molar-refractivity contribution in [1.82, 2.24) is 4.98 Å². The highest BCUT2D eigenvalue weighted by Crippen LogP contribution is 2.35. The second kappa shape index (κ2) is 7.99. The Bertz CT molecular complexity index is 817. The first-order valence-electron chi connectivity index (χ1n) is 9.87. The van der Waals surface area contributed by atoms with Gasteiger partial charge in [0.05, 0.1) is 24.1 Å². The third-order valence-electron chi connectivity index (χ3n) is 5.64. The van der Waals surface area contributed by atoms with Crippen LogP contribution in [0.5, 0.6) is 5.75 Å². The Labute approximate surface area is 159 Å². The molecule has 0 aliphatic heterocycles. The number of anilines is 1. The van der Waals surface area contributed by atoms with Crippen molar-refractivity contribution in [3.8, 4) is 5.75 Å². The summed E-state index contributed by atoms with van der Waals surface area (Å²) in [5, 5.41) is 12.6. The number of benzene rings is 1. The van der Waals surface area contributed by atoms with Gasteiger partial charge in [0.15, 0.2) is 0 Å². The van der Waals surface area contributed by atoms with Gasteiger partial charge in [-0.2, -0.15) is 0 Å². The average Bonchev–Trinajstić information content (AvgIpc) is 3.50. The average molecular weight is 366 g/mol. The molecule has 4 rings (SSSR count). The van der Waals surface area contributed by atoms with Crippen LogP contribution >= 0.6 is 0 Å². The topological polar surface area (TPSA) is 71.5 Å². The van der Waals surface area contributed by atoms with Gasteiger partial charge in [0.1, 0.15) is 5.75 Å². The highest BCUT2D eigenvalue weighted by molar-refractivity contribution is 5.93. The van der Waals surface area contributed by atoms with Crippen molar-refractivity contribution in [1.29, 1.82) is 0 Å². The second-order valence-electron chi connectivity index (χ2n) is 7.64. The number of pyridine rings is 1. The molecule has 2 aliphatic rings. The Balaban J connectivity index is 1.41. The Kier molecular flexibility index (Phi) is 5.28. The summed E-state index contributed by atoms with van der Waals surface area (Å²) in [6, 6.07) is 8.00. The van der Waals surface area contributed by atoms with Crippen LogP contribution in [0.25, 0.3) is 0 Å². The molecule has 1 fully saturated rings. The van der Waals surface area contributed by atoms with Gasteiger partial charge < -0.3 is 15.2 Å². The zero-order valence-corrected chi connectivity index (χ0v) is 15.5. The van der Waals surface area contributed by atoms with Crippen molar-refractivity contribution in [3.05, 3.63) is 53.3 Å². The summed E-state index contributed by atoms with van der Waals surface area (Å²) in [4.78, 5) is 15.4. The van der Waals surface area contributed by atoms with Gasteiger partial charge >= 0.3 is 5.97 Å². The quantitative estimate of drug-likeness (QED) is 0.720. The van der Waals surface area contributed by atoms with Crippen molar-refractivity contribution in [2.24, 2.45) is 5.92 Å². The number of aromatic carboxylic acids is 1. The Morgan fingerprint density at radius 3 is 2.96 bits per heavy atom. The fourth-order valence-corrected chi connectivity index (χ4v) is 3.90. The number of rotatable bonds is 8. The first-order chi connectivity index (χ1) is 13.2. The number of hydrogen-bond acceptors (Lipinski definition) is 4. The molecule has 1 heterocycles. The minimum atomic E-state index is -0.933. The fourth-order valence-electron chi connectivity index (χ4n) is 3.90. The standard InChI is InChI=1S/C22H26N2O3/c25-22(26)20-8-10-23-14-21(20)24-13-17-3-1-2-16-12-18(6-7-19(16)17)27-11-9-15-4-5-15/h6-8,10,12,14-15,17,24H,1-5,9,11,13H2,(H,25,26). The second-order valence-corrected chi connectivity index (χ2v) is 7.64. The molecule has 2 aromatic rings. The number of nitrogens with one attached hydrogen (secondary N) is 1. The van der Waals surface area contributed by atoms with E-state index in [2.05, 4.69) is 28.5 Å². The van der Waals surface area contributed by atoms with E-state index < -0.39 is 5.97 Å². The van der Waals surface area contributed by atoms with Crippen molar-refractivity contribution >= 4 is 11.7 Å². The molecule has 1 aromatic heterocycles. The van der Waals surface area contributed by atoms with E-state index in [9.17, 15) is 9.90 Å². The number of carboxylic acid groups (broad SMARTS) is 1. The first kappa shape index (κ1) is 17.8. The van der Waals surface area contributed by atoms with Gasteiger partial charge in [0.2, 0.25) is 0 Å². The van der Waals surface area contributed by atoms with Gasteiger partial charge in [-0.05, 0) is 60.9 Å². The Morgan fingerprint density at radius 2 is 2.15 bits per heavy atom. The third-order valence-corrected chi connectivity index (χ3v) is 5.64. The van der Waals surface area contributed by atoms with Gasteiger partial charge in [-0.3, -0.25) is 4.98 Å². The van der Waals surface area contributed by atoms with Crippen molar-refractivity contribution < 1.29 is 14.6 Å². The summed E-state index contributed by atoms with van der Waals surface area (Å²) in [5.74, 6) is 1.30. The van der Waals surface area contributed by atoms with E-state index in [0.29, 0.717) is 18.2 Å². The maximum Gasteiger partial charge on any atom is 0.337 e. The summed E-state index contributed by atoms with van der Waals surface area (Å²) in [7, 11) is 0. The molecule has 2 aliphatic carbocycles. The molecule has 1 unspecified atom stereocenters. The summed E-state index contributed by atoms with van der Waals surface area (Å²) in [6.07, 6.45) is 10.3. The van der Waals surface area contributed by atoms with Crippen LogP contribution < -0.4 is 10.1 Å². The minimum absolute atomic E-state index is 0.264. The molecule has 2 N–H and O–H groups in total. The summed E-state index contributed by atoms with van der Waals surface area (Å²) in [6.45, 7) is 1.52. The van der Waals surface area contributed by atoms with E-state index in [4.69, 9.17) is 4.74 Å². The van der Waals surface area contributed by atoms with Crippen LogP contribution in [0, 0.1) is 5.92 Å². The van der Waals surface area contributed by atoms with E-state index in [1.807, 2.05) is 0 Å². The van der Waals surface area contributed by atoms with Gasteiger partial charge in [0.25, 0.3) is 0 Å². The highest BCUT2D eigenvalue weighted by atomic mass is 16.5. The number of aromatic nitrogens is 1. The highest BCUT2D eigenvalue weighted by Gasteiger charge is 2.23. The molecule has 1 saturated carbocycles. The van der Waals surface area contributed by atoms with Crippen LogP contribution in [-0.2, 0) is 6.42 Å². The lowest BCUT2D eigenvalue weighted by atomic mass is 9.82. The van der Waals surface area contributed by atoms with E-state index in [-0.39, 0.29) is 5.56 Å². The lowest BCUT2D eigenvalue weighted by Crippen LogP contribution is -2.19. The number of carbonyl (C=O) groups is 1. The van der Waals surface area contributed by atoms with E-state index in [0.717, 1.165) is 37.5 Å². The van der Waals surface area contributed by atoms with E-state index in [1.165, 1.54) is 42.7 Å². The van der Waals surface area contributed by atoms with Crippen molar-refractivity contribution in [3.63, 3.8) is 0 Å². The molecule has 0 spiro atoms. The summed E-state index contributed by atoms with van der Waals surface area (Å²) >= 11 is 0. The first-order valence-corrected chi connectivity index (χ1v) is 9.87. The zero-order valence-electron chi connectivity index (χ0n) is 15.5. The lowest BCUT2D eigenvalue weighted by molar-refractivity contribution is 0.0698. The van der Waals surface area contributed by atoms with Crippen LogP contribution in [0.2, 0.25) is 0 Å². The predicted octanol–water partition coefficient (Wildman–Crippen LogP) is 4.49.